The number of carbonyl (C=O) groups excluding carboxylic acids is 2. The molecule has 0 aromatic heterocycles. The Morgan fingerprint density at radius 1 is 1.50 bits per heavy atom. The smallest absolute Gasteiger partial charge is 0.267 e. The minimum absolute atomic E-state index is 0.125. The fraction of sp³-hybridized carbons (Fsp3) is 0.538. The van der Waals surface area contributed by atoms with Gasteiger partial charge in [0.15, 0.2) is 0 Å². The minimum atomic E-state index is -2.14. The van der Waals surface area contributed by atoms with Crippen LogP contribution < -0.4 is 5.32 Å². The summed E-state index contributed by atoms with van der Waals surface area (Å²) >= 11 is 0. The van der Waals surface area contributed by atoms with Gasteiger partial charge in [-0.25, -0.2) is 0 Å². The lowest BCUT2D eigenvalue weighted by atomic mass is 9.90. The monoisotopic (exact) mass is 251 g/mol. The number of aliphatic hydroxyl groups is 1. The van der Waals surface area contributed by atoms with Gasteiger partial charge in [-0.1, -0.05) is 12.2 Å². The van der Waals surface area contributed by atoms with Gasteiger partial charge in [0.05, 0.1) is 11.8 Å². The van der Waals surface area contributed by atoms with Crippen molar-refractivity contribution in [1.29, 1.82) is 0 Å². The largest absolute Gasteiger partial charge is 0.371 e. The third kappa shape index (κ3) is 1.79. The van der Waals surface area contributed by atoms with Crippen LogP contribution in [0, 0.1) is 0 Å². The van der Waals surface area contributed by atoms with Crippen molar-refractivity contribution in [2.45, 2.75) is 45.0 Å². The molecule has 5 nitrogen and oxygen atoms in total. The van der Waals surface area contributed by atoms with Gasteiger partial charge in [-0.15, -0.1) is 0 Å². The van der Waals surface area contributed by atoms with Crippen molar-refractivity contribution in [3.8, 4) is 0 Å². The fourth-order valence-electron chi connectivity index (χ4n) is 2.15. The molecule has 0 aromatic carbocycles. The van der Waals surface area contributed by atoms with Gasteiger partial charge in [0.25, 0.3) is 5.91 Å². The standard InChI is InChI=1S/C13H17NO4/c1-7(2)10-11(15)13(17,12(16)14-10)9-6-4-5-8(3)18-9/h4,6,8-9,17H,5H2,1-3H3,(H,14,16)/t8-,9-,13+/m0/s1. The van der Waals surface area contributed by atoms with Crippen LogP contribution in [-0.4, -0.2) is 34.6 Å². The molecule has 2 rings (SSSR count). The highest BCUT2D eigenvalue weighted by atomic mass is 16.5. The highest BCUT2D eigenvalue weighted by molar-refractivity contribution is 6.24. The molecule has 0 radical (unpaired) electrons. The minimum Gasteiger partial charge on any atom is -0.371 e. The highest BCUT2D eigenvalue weighted by Crippen LogP contribution is 2.30. The molecule has 18 heavy (non-hydrogen) atoms. The molecule has 2 N–H and O–H groups in total. The van der Waals surface area contributed by atoms with Gasteiger partial charge in [-0.05, 0) is 32.8 Å². The Hall–Kier alpha value is -1.46. The Morgan fingerprint density at radius 3 is 2.67 bits per heavy atom. The topological polar surface area (TPSA) is 75.6 Å². The van der Waals surface area contributed by atoms with Crippen molar-refractivity contribution >= 4 is 11.7 Å². The molecule has 1 saturated heterocycles. The molecule has 0 saturated carbocycles. The summed E-state index contributed by atoms with van der Waals surface area (Å²) in [5.41, 5.74) is -1.31. The third-order valence-electron chi connectivity index (χ3n) is 3.23. The Balaban J connectivity index is 2.39. The van der Waals surface area contributed by atoms with Crippen LogP contribution in [0.2, 0.25) is 0 Å². The van der Waals surface area contributed by atoms with E-state index in [9.17, 15) is 14.7 Å². The van der Waals surface area contributed by atoms with E-state index in [-0.39, 0.29) is 11.8 Å². The summed E-state index contributed by atoms with van der Waals surface area (Å²) in [4.78, 5) is 24.1. The number of allylic oxidation sites excluding steroid dienone is 1. The van der Waals surface area contributed by atoms with Gasteiger partial charge >= 0.3 is 0 Å². The van der Waals surface area contributed by atoms with Crippen LogP contribution in [0.3, 0.4) is 0 Å². The molecule has 2 aliphatic heterocycles. The lowest BCUT2D eigenvalue weighted by Gasteiger charge is -2.31. The van der Waals surface area contributed by atoms with E-state index in [1.807, 2.05) is 13.0 Å². The van der Waals surface area contributed by atoms with Crippen LogP contribution in [0.4, 0.5) is 0 Å². The van der Waals surface area contributed by atoms with E-state index in [0.29, 0.717) is 12.0 Å². The lowest BCUT2D eigenvalue weighted by molar-refractivity contribution is -0.161. The van der Waals surface area contributed by atoms with Gasteiger partial charge in [0.2, 0.25) is 11.4 Å². The maximum absolute atomic E-state index is 12.2. The van der Waals surface area contributed by atoms with E-state index in [1.54, 1.807) is 19.9 Å². The van der Waals surface area contributed by atoms with Crippen molar-refractivity contribution < 1.29 is 19.4 Å². The maximum atomic E-state index is 12.2. The first kappa shape index (κ1) is 13.0. The summed E-state index contributed by atoms with van der Waals surface area (Å²) in [5.74, 6) is -1.33. The molecule has 98 valence electrons. The predicted molar refractivity (Wildman–Crippen MR) is 64.6 cm³/mol. The van der Waals surface area contributed by atoms with E-state index in [4.69, 9.17) is 4.74 Å². The molecule has 0 unspecified atom stereocenters. The predicted octanol–water partition coefficient (Wildman–Crippen LogP) is 0.444. The number of hydrogen-bond acceptors (Lipinski definition) is 4. The molecular formula is C13H17NO4. The van der Waals surface area contributed by atoms with Gasteiger partial charge < -0.3 is 15.2 Å². The maximum Gasteiger partial charge on any atom is 0.267 e. The normalized spacial score (nSPS) is 35.9. The number of carbonyl (C=O) groups is 2. The summed E-state index contributed by atoms with van der Waals surface area (Å²) in [5, 5.41) is 12.9. The average Bonchev–Trinajstić information content (AvgIpc) is 2.55. The Kier molecular flexibility index (Phi) is 3.12. The lowest BCUT2D eigenvalue weighted by Crippen LogP contribution is -2.54. The first-order valence-corrected chi connectivity index (χ1v) is 5.95. The van der Waals surface area contributed by atoms with E-state index in [1.165, 1.54) is 0 Å². The highest BCUT2D eigenvalue weighted by Gasteiger charge is 2.57. The number of ketones is 1. The van der Waals surface area contributed by atoms with Crippen LogP contribution in [0.5, 0.6) is 0 Å². The molecule has 1 amide bonds. The van der Waals surface area contributed by atoms with E-state index >= 15 is 0 Å². The summed E-state index contributed by atoms with van der Waals surface area (Å²) in [6, 6.07) is 0. The van der Waals surface area contributed by atoms with Gasteiger partial charge in [0.1, 0.15) is 6.10 Å². The first-order valence-electron chi connectivity index (χ1n) is 5.95. The van der Waals surface area contributed by atoms with Crippen molar-refractivity contribution in [1.82, 2.24) is 5.32 Å². The van der Waals surface area contributed by atoms with Crippen LogP contribution >= 0.6 is 0 Å². The van der Waals surface area contributed by atoms with Crippen LogP contribution in [0.15, 0.2) is 23.4 Å². The second-order valence-corrected chi connectivity index (χ2v) is 4.96. The molecule has 2 heterocycles. The summed E-state index contributed by atoms with van der Waals surface area (Å²) < 4.78 is 5.50. The summed E-state index contributed by atoms with van der Waals surface area (Å²) in [6.07, 6.45) is 3.05. The molecule has 5 heteroatoms. The molecular weight excluding hydrogens is 234 g/mol. The number of rotatable bonds is 1. The van der Waals surface area contributed by atoms with E-state index < -0.39 is 23.4 Å². The Morgan fingerprint density at radius 2 is 2.17 bits per heavy atom. The van der Waals surface area contributed by atoms with Crippen molar-refractivity contribution in [2.75, 3.05) is 0 Å². The Labute approximate surface area is 106 Å². The molecule has 2 aliphatic rings. The van der Waals surface area contributed by atoms with Crippen molar-refractivity contribution in [3.05, 3.63) is 23.4 Å². The number of Topliss-reactive ketones (excluding diaryl/α,β-unsaturated/α-hetero) is 1. The number of hydrogen-bond donors (Lipinski definition) is 2. The SMILES string of the molecule is CC(C)=C1NC(=O)[C@@](O)([C@@H]2C=CC[C@H](C)O2)C1=O. The third-order valence-corrected chi connectivity index (χ3v) is 3.23. The van der Waals surface area contributed by atoms with E-state index in [2.05, 4.69) is 5.32 Å². The molecule has 0 bridgehead atoms. The number of ether oxygens (including phenoxy) is 1. The molecule has 0 aromatic rings. The van der Waals surface area contributed by atoms with Crippen LogP contribution in [-0.2, 0) is 14.3 Å². The zero-order chi connectivity index (χ0) is 13.5. The van der Waals surface area contributed by atoms with Gasteiger partial charge in [-0.2, -0.15) is 0 Å². The van der Waals surface area contributed by atoms with Crippen LogP contribution in [0.25, 0.3) is 0 Å². The average molecular weight is 251 g/mol. The number of amides is 1. The second kappa shape index (κ2) is 4.33. The zero-order valence-electron chi connectivity index (χ0n) is 10.7. The second-order valence-electron chi connectivity index (χ2n) is 4.96. The van der Waals surface area contributed by atoms with Crippen molar-refractivity contribution in [3.63, 3.8) is 0 Å². The van der Waals surface area contributed by atoms with E-state index in [0.717, 1.165) is 0 Å². The van der Waals surface area contributed by atoms with Crippen LogP contribution in [0.1, 0.15) is 27.2 Å². The van der Waals surface area contributed by atoms with Gasteiger partial charge in [0, 0.05) is 0 Å². The van der Waals surface area contributed by atoms with Crippen molar-refractivity contribution in [2.24, 2.45) is 0 Å². The number of nitrogens with one attached hydrogen (secondary N) is 1. The molecule has 3 atom stereocenters. The zero-order valence-corrected chi connectivity index (χ0v) is 10.7. The first-order chi connectivity index (χ1) is 8.37. The van der Waals surface area contributed by atoms with Gasteiger partial charge in [-0.3, -0.25) is 9.59 Å². The summed E-state index contributed by atoms with van der Waals surface area (Å²) in [6.45, 7) is 5.25. The molecule has 0 aliphatic carbocycles. The molecule has 0 spiro atoms. The Bertz CT molecular complexity index is 462. The quantitative estimate of drug-likeness (QED) is 0.403. The fourth-order valence-corrected chi connectivity index (χ4v) is 2.15. The summed E-state index contributed by atoms with van der Waals surface area (Å²) in [7, 11) is 0. The molecule has 1 fully saturated rings.